The largest absolute Gasteiger partial charge is 0.397 e. The van der Waals surface area contributed by atoms with Crippen molar-refractivity contribution in [3.63, 3.8) is 0 Å². The van der Waals surface area contributed by atoms with Crippen LogP contribution in [0.15, 0.2) is 42.5 Å². The second-order valence-electron chi connectivity index (χ2n) is 4.76. The molecule has 0 aromatic heterocycles. The third-order valence-corrected chi connectivity index (χ3v) is 4.15. The molecule has 0 fully saturated rings. The van der Waals surface area contributed by atoms with Gasteiger partial charge in [0.25, 0.3) is 0 Å². The molecule has 0 radical (unpaired) electrons. The molecule has 0 spiro atoms. The molecule has 0 atom stereocenters. The highest BCUT2D eigenvalue weighted by atomic mass is 35.5. The first kappa shape index (κ1) is 15.7. The third kappa shape index (κ3) is 4.99. The van der Waals surface area contributed by atoms with Crippen molar-refractivity contribution in [3.8, 4) is 0 Å². The van der Waals surface area contributed by atoms with Crippen LogP contribution in [0.4, 0.5) is 11.4 Å². The Morgan fingerprint density at radius 2 is 1.95 bits per heavy atom. The molecule has 0 saturated carbocycles. The molecule has 0 aliphatic carbocycles. The minimum atomic E-state index is -0.0514. The molecule has 0 aliphatic rings. The van der Waals surface area contributed by atoms with Crippen molar-refractivity contribution in [3.05, 3.63) is 58.6 Å². The van der Waals surface area contributed by atoms with Crippen molar-refractivity contribution >= 4 is 40.6 Å². The highest BCUT2D eigenvalue weighted by Gasteiger charge is 2.05. The van der Waals surface area contributed by atoms with E-state index in [1.54, 1.807) is 11.8 Å². The van der Waals surface area contributed by atoms with E-state index >= 15 is 0 Å². The zero-order valence-corrected chi connectivity index (χ0v) is 13.3. The highest BCUT2D eigenvalue weighted by molar-refractivity contribution is 7.99. The Bertz CT molecular complexity index is 629. The minimum Gasteiger partial charge on any atom is -0.397 e. The maximum atomic E-state index is 11.9. The Morgan fingerprint density at radius 3 is 2.62 bits per heavy atom. The van der Waals surface area contributed by atoms with Crippen molar-refractivity contribution in [2.45, 2.75) is 12.7 Å². The van der Waals surface area contributed by atoms with Crippen LogP contribution in [0.25, 0.3) is 0 Å². The van der Waals surface area contributed by atoms with E-state index < -0.39 is 0 Å². The predicted octanol–water partition coefficient (Wildman–Crippen LogP) is 4.10. The predicted molar refractivity (Wildman–Crippen MR) is 91.8 cm³/mol. The molecule has 3 N–H and O–H groups in total. The van der Waals surface area contributed by atoms with Gasteiger partial charge in [-0.05, 0) is 42.3 Å². The average Bonchev–Trinajstić information content (AvgIpc) is 2.44. The van der Waals surface area contributed by atoms with E-state index in [4.69, 9.17) is 17.3 Å². The second-order valence-corrected chi connectivity index (χ2v) is 6.18. The molecule has 0 heterocycles. The summed E-state index contributed by atoms with van der Waals surface area (Å²) < 4.78 is 0. The van der Waals surface area contributed by atoms with Crippen LogP contribution in [-0.2, 0) is 10.5 Å². The van der Waals surface area contributed by atoms with Gasteiger partial charge in [0.1, 0.15) is 0 Å². The van der Waals surface area contributed by atoms with Gasteiger partial charge in [0.15, 0.2) is 0 Å². The first-order valence-electron chi connectivity index (χ1n) is 6.53. The normalized spacial score (nSPS) is 10.4. The van der Waals surface area contributed by atoms with E-state index in [0.717, 1.165) is 21.9 Å². The van der Waals surface area contributed by atoms with Crippen molar-refractivity contribution in [1.29, 1.82) is 0 Å². The van der Waals surface area contributed by atoms with Gasteiger partial charge in [0.2, 0.25) is 5.91 Å². The summed E-state index contributed by atoms with van der Waals surface area (Å²) in [5.41, 5.74) is 9.34. The number of carbonyl (C=O) groups excluding carboxylic acids is 1. The molecular weight excluding hydrogens is 304 g/mol. The van der Waals surface area contributed by atoms with Crippen LogP contribution in [-0.4, -0.2) is 11.7 Å². The van der Waals surface area contributed by atoms with Gasteiger partial charge in [-0.3, -0.25) is 4.79 Å². The lowest BCUT2D eigenvalue weighted by molar-refractivity contribution is -0.113. The standard InChI is InChI=1S/C16H17ClN2OS/c1-11-2-7-15(14(18)8-11)19-16(20)10-21-9-12-3-5-13(17)6-4-12/h2-8H,9-10,18H2,1H3,(H,19,20). The maximum absolute atomic E-state index is 11.9. The van der Waals surface area contributed by atoms with E-state index in [1.165, 1.54) is 0 Å². The smallest absolute Gasteiger partial charge is 0.234 e. The van der Waals surface area contributed by atoms with Gasteiger partial charge < -0.3 is 11.1 Å². The number of nitrogen functional groups attached to an aromatic ring is 1. The number of carbonyl (C=O) groups is 1. The van der Waals surface area contributed by atoms with E-state index in [-0.39, 0.29) is 5.91 Å². The molecule has 21 heavy (non-hydrogen) atoms. The SMILES string of the molecule is Cc1ccc(NC(=O)CSCc2ccc(Cl)cc2)c(N)c1. The van der Waals surface area contributed by atoms with Gasteiger partial charge in [0, 0.05) is 10.8 Å². The first-order chi connectivity index (χ1) is 10.0. The van der Waals surface area contributed by atoms with Gasteiger partial charge in [-0.1, -0.05) is 29.8 Å². The zero-order chi connectivity index (χ0) is 15.2. The quantitative estimate of drug-likeness (QED) is 0.815. The van der Waals surface area contributed by atoms with E-state index in [2.05, 4.69) is 5.32 Å². The molecule has 0 aliphatic heterocycles. The summed E-state index contributed by atoms with van der Waals surface area (Å²) in [6.07, 6.45) is 0. The molecule has 5 heteroatoms. The number of nitrogens with one attached hydrogen (secondary N) is 1. The monoisotopic (exact) mass is 320 g/mol. The van der Waals surface area contributed by atoms with Crippen LogP contribution in [0.3, 0.4) is 0 Å². The number of nitrogens with two attached hydrogens (primary N) is 1. The summed E-state index contributed by atoms with van der Waals surface area (Å²) in [6, 6.07) is 13.2. The molecule has 0 unspecified atom stereocenters. The fraction of sp³-hybridized carbons (Fsp3) is 0.188. The number of amides is 1. The van der Waals surface area contributed by atoms with E-state index in [1.807, 2.05) is 49.4 Å². The number of rotatable bonds is 5. The topological polar surface area (TPSA) is 55.1 Å². The van der Waals surface area contributed by atoms with Crippen molar-refractivity contribution in [2.75, 3.05) is 16.8 Å². The van der Waals surface area contributed by atoms with Crippen molar-refractivity contribution < 1.29 is 4.79 Å². The van der Waals surface area contributed by atoms with Gasteiger partial charge in [-0.25, -0.2) is 0 Å². The lowest BCUT2D eigenvalue weighted by Gasteiger charge is -2.08. The van der Waals surface area contributed by atoms with Crippen LogP contribution < -0.4 is 11.1 Å². The molecule has 0 bridgehead atoms. The Kier molecular flexibility index (Phi) is 5.53. The summed E-state index contributed by atoms with van der Waals surface area (Å²) in [5, 5.41) is 3.55. The van der Waals surface area contributed by atoms with Crippen molar-refractivity contribution in [2.24, 2.45) is 0 Å². The molecule has 110 valence electrons. The van der Waals surface area contributed by atoms with Crippen LogP contribution >= 0.6 is 23.4 Å². The number of anilines is 2. The highest BCUT2D eigenvalue weighted by Crippen LogP contribution is 2.20. The van der Waals surface area contributed by atoms with Crippen LogP contribution in [0.2, 0.25) is 5.02 Å². The van der Waals surface area contributed by atoms with Gasteiger partial charge in [-0.2, -0.15) is 0 Å². The van der Waals surface area contributed by atoms with E-state index in [9.17, 15) is 4.79 Å². The Hall–Kier alpha value is -1.65. The zero-order valence-electron chi connectivity index (χ0n) is 11.7. The summed E-state index contributed by atoms with van der Waals surface area (Å²) in [6.45, 7) is 1.96. The molecule has 2 aromatic rings. The summed E-state index contributed by atoms with van der Waals surface area (Å²) >= 11 is 7.38. The van der Waals surface area contributed by atoms with Crippen LogP contribution in [0.5, 0.6) is 0 Å². The molecule has 2 aromatic carbocycles. The second kappa shape index (κ2) is 7.38. The number of thioether (sulfide) groups is 1. The first-order valence-corrected chi connectivity index (χ1v) is 8.06. The molecule has 2 rings (SSSR count). The molecule has 1 amide bonds. The number of aryl methyl sites for hydroxylation is 1. The van der Waals surface area contributed by atoms with Gasteiger partial charge in [0.05, 0.1) is 17.1 Å². The molecule has 3 nitrogen and oxygen atoms in total. The molecular formula is C16H17ClN2OS. The Morgan fingerprint density at radius 1 is 1.24 bits per heavy atom. The van der Waals surface area contributed by atoms with Gasteiger partial charge >= 0.3 is 0 Å². The molecule has 0 saturated heterocycles. The maximum Gasteiger partial charge on any atom is 0.234 e. The average molecular weight is 321 g/mol. The van der Waals surface area contributed by atoms with E-state index in [0.29, 0.717) is 17.1 Å². The van der Waals surface area contributed by atoms with Crippen LogP contribution in [0.1, 0.15) is 11.1 Å². The third-order valence-electron chi connectivity index (χ3n) is 2.90. The Balaban J connectivity index is 1.81. The number of hydrogen-bond donors (Lipinski definition) is 2. The van der Waals surface area contributed by atoms with Gasteiger partial charge in [-0.15, -0.1) is 11.8 Å². The summed E-state index contributed by atoms with van der Waals surface area (Å²) in [4.78, 5) is 11.9. The van der Waals surface area contributed by atoms with Crippen molar-refractivity contribution in [1.82, 2.24) is 0 Å². The number of benzene rings is 2. The minimum absolute atomic E-state index is 0.0514. The lowest BCUT2D eigenvalue weighted by Crippen LogP contribution is -2.15. The number of halogens is 1. The summed E-state index contributed by atoms with van der Waals surface area (Å²) in [5.74, 6) is 1.11. The fourth-order valence-corrected chi connectivity index (χ4v) is 2.74. The fourth-order valence-electron chi connectivity index (χ4n) is 1.82. The Labute approximate surface area is 133 Å². The lowest BCUT2D eigenvalue weighted by atomic mass is 10.2. The van der Waals surface area contributed by atoms with Crippen LogP contribution in [0, 0.1) is 6.92 Å². The summed E-state index contributed by atoms with van der Waals surface area (Å²) in [7, 11) is 0. The number of hydrogen-bond acceptors (Lipinski definition) is 3.